The van der Waals surface area contributed by atoms with E-state index < -0.39 is 0 Å². The average Bonchev–Trinajstić information content (AvgIpc) is 2.67. The molecule has 0 saturated carbocycles. The fourth-order valence-electron chi connectivity index (χ4n) is 3.02. The monoisotopic (exact) mass is 420 g/mol. The number of benzene rings is 2. The zero-order chi connectivity index (χ0) is 18.5. The molecular formula is C23H33BrO2. The van der Waals surface area contributed by atoms with Gasteiger partial charge in [0.1, 0.15) is 11.5 Å². The smallest absolute Gasteiger partial charge is 0.119 e. The lowest BCUT2D eigenvalue weighted by Gasteiger charge is -2.09. The van der Waals surface area contributed by atoms with Crippen LogP contribution in [0.2, 0.25) is 0 Å². The van der Waals surface area contributed by atoms with Gasteiger partial charge in [0.15, 0.2) is 0 Å². The van der Waals surface area contributed by atoms with Crippen LogP contribution < -0.4 is 9.47 Å². The molecule has 0 atom stereocenters. The highest BCUT2D eigenvalue weighted by atomic mass is 79.9. The lowest BCUT2D eigenvalue weighted by atomic mass is 10.1. The minimum atomic E-state index is 0.799. The molecule has 2 aromatic rings. The van der Waals surface area contributed by atoms with E-state index in [1.165, 1.54) is 55.7 Å². The van der Waals surface area contributed by atoms with E-state index in [-0.39, 0.29) is 0 Å². The van der Waals surface area contributed by atoms with Crippen LogP contribution in [0.4, 0.5) is 0 Å². The first-order valence-electron chi connectivity index (χ1n) is 10.2. The van der Waals surface area contributed by atoms with Crippen LogP contribution in [0.15, 0.2) is 36.4 Å². The molecule has 0 fully saturated rings. The third kappa shape index (κ3) is 7.99. The first-order chi connectivity index (χ1) is 12.8. The Kier molecular flexibility index (Phi) is 10.6. The summed E-state index contributed by atoms with van der Waals surface area (Å²) in [6, 6.07) is 12.6. The summed E-state index contributed by atoms with van der Waals surface area (Å²) < 4.78 is 11.8. The molecule has 0 radical (unpaired) electrons. The van der Waals surface area contributed by atoms with Gasteiger partial charge < -0.3 is 9.47 Å². The number of rotatable bonds is 14. The Bertz CT molecular complexity index is 571. The normalized spacial score (nSPS) is 11.0. The van der Waals surface area contributed by atoms with E-state index in [0.29, 0.717) is 0 Å². The van der Waals surface area contributed by atoms with E-state index in [2.05, 4.69) is 59.3 Å². The maximum absolute atomic E-state index is 5.90. The van der Waals surface area contributed by atoms with E-state index in [4.69, 9.17) is 9.47 Å². The standard InChI is InChI=1S/C23H33BrO2/c1-2-3-4-6-9-16-25-22-13-11-21-19-23(14-12-20(21)18-22)26-17-10-7-5-8-15-24/h11-14,18-19H,2-10,15-17H2,1H3. The minimum Gasteiger partial charge on any atom is -0.494 e. The van der Waals surface area contributed by atoms with Gasteiger partial charge in [-0.15, -0.1) is 0 Å². The van der Waals surface area contributed by atoms with Gasteiger partial charge in [-0.25, -0.2) is 0 Å². The highest BCUT2D eigenvalue weighted by Gasteiger charge is 2.01. The van der Waals surface area contributed by atoms with E-state index in [1.54, 1.807) is 0 Å². The van der Waals surface area contributed by atoms with Gasteiger partial charge in [0.2, 0.25) is 0 Å². The highest BCUT2D eigenvalue weighted by Crippen LogP contribution is 2.25. The van der Waals surface area contributed by atoms with Gasteiger partial charge in [0.05, 0.1) is 13.2 Å². The molecule has 0 amide bonds. The Morgan fingerprint density at radius 2 is 1.15 bits per heavy atom. The lowest BCUT2D eigenvalue weighted by molar-refractivity contribution is 0.304. The molecule has 0 spiro atoms. The summed E-state index contributed by atoms with van der Waals surface area (Å²) in [6.45, 7) is 3.85. The van der Waals surface area contributed by atoms with Crippen molar-refractivity contribution in [2.24, 2.45) is 0 Å². The minimum absolute atomic E-state index is 0.799. The van der Waals surface area contributed by atoms with Crippen molar-refractivity contribution in [3.05, 3.63) is 36.4 Å². The molecule has 0 aromatic heterocycles. The second-order valence-corrected chi connectivity index (χ2v) is 7.68. The fraction of sp³-hybridized carbons (Fsp3) is 0.565. The molecule has 0 bridgehead atoms. The average molecular weight is 421 g/mol. The van der Waals surface area contributed by atoms with Crippen LogP contribution in [0.1, 0.15) is 64.7 Å². The second kappa shape index (κ2) is 13.0. The SMILES string of the molecule is CCCCCCCOc1ccc2cc(OCCCCCCBr)ccc2c1. The van der Waals surface area contributed by atoms with Gasteiger partial charge in [-0.05, 0) is 54.3 Å². The summed E-state index contributed by atoms with van der Waals surface area (Å²) in [5.41, 5.74) is 0. The first kappa shape index (κ1) is 21.1. The molecule has 0 aliphatic rings. The van der Waals surface area contributed by atoms with Crippen LogP contribution in [0, 0.1) is 0 Å². The number of halogens is 1. The van der Waals surface area contributed by atoms with Crippen LogP contribution in [0.5, 0.6) is 11.5 Å². The number of hydrogen-bond acceptors (Lipinski definition) is 2. The third-order valence-electron chi connectivity index (χ3n) is 4.60. The maximum atomic E-state index is 5.90. The molecule has 26 heavy (non-hydrogen) atoms. The molecule has 3 heteroatoms. The Morgan fingerprint density at radius 3 is 1.65 bits per heavy atom. The summed E-state index contributed by atoms with van der Waals surface area (Å²) >= 11 is 3.47. The Hall–Kier alpha value is -1.22. The van der Waals surface area contributed by atoms with Crippen LogP contribution in [0.25, 0.3) is 10.8 Å². The van der Waals surface area contributed by atoms with Crippen molar-refractivity contribution in [2.45, 2.75) is 64.7 Å². The quantitative estimate of drug-likeness (QED) is 0.232. The van der Waals surface area contributed by atoms with Crippen molar-refractivity contribution < 1.29 is 9.47 Å². The maximum Gasteiger partial charge on any atom is 0.119 e. The molecule has 2 rings (SSSR count). The number of alkyl halides is 1. The summed E-state index contributed by atoms with van der Waals surface area (Å²) in [4.78, 5) is 0. The van der Waals surface area contributed by atoms with Gasteiger partial charge in [0.25, 0.3) is 0 Å². The summed E-state index contributed by atoms with van der Waals surface area (Å²) in [7, 11) is 0. The summed E-state index contributed by atoms with van der Waals surface area (Å²) in [5, 5.41) is 3.51. The van der Waals surface area contributed by atoms with Crippen molar-refractivity contribution in [2.75, 3.05) is 18.5 Å². The second-order valence-electron chi connectivity index (χ2n) is 6.89. The van der Waals surface area contributed by atoms with Gasteiger partial charge in [-0.3, -0.25) is 0 Å². The Labute approximate surface area is 167 Å². The predicted molar refractivity (Wildman–Crippen MR) is 116 cm³/mol. The Balaban J connectivity index is 1.76. The van der Waals surface area contributed by atoms with E-state index in [9.17, 15) is 0 Å². The van der Waals surface area contributed by atoms with E-state index >= 15 is 0 Å². The van der Waals surface area contributed by atoms with Crippen LogP contribution in [0.3, 0.4) is 0 Å². The molecule has 0 saturated heterocycles. The first-order valence-corrected chi connectivity index (χ1v) is 11.3. The van der Waals surface area contributed by atoms with Gasteiger partial charge in [-0.1, -0.05) is 73.5 Å². The number of fused-ring (bicyclic) bond motifs is 1. The number of unbranched alkanes of at least 4 members (excludes halogenated alkanes) is 7. The zero-order valence-corrected chi connectivity index (χ0v) is 17.7. The molecule has 0 aliphatic heterocycles. The molecule has 0 N–H and O–H groups in total. The third-order valence-corrected chi connectivity index (χ3v) is 5.16. The van der Waals surface area contributed by atoms with Crippen LogP contribution in [-0.2, 0) is 0 Å². The van der Waals surface area contributed by atoms with Crippen molar-refractivity contribution in [3.8, 4) is 11.5 Å². The number of ether oxygens (including phenoxy) is 2. The lowest BCUT2D eigenvalue weighted by Crippen LogP contribution is -1.98. The van der Waals surface area contributed by atoms with Gasteiger partial charge >= 0.3 is 0 Å². The van der Waals surface area contributed by atoms with Crippen LogP contribution >= 0.6 is 15.9 Å². The molecule has 0 heterocycles. The fourth-order valence-corrected chi connectivity index (χ4v) is 3.41. The van der Waals surface area contributed by atoms with E-state index in [1.807, 2.05) is 0 Å². The molecule has 0 aliphatic carbocycles. The van der Waals surface area contributed by atoms with Crippen molar-refractivity contribution in [3.63, 3.8) is 0 Å². The van der Waals surface area contributed by atoms with E-state index in [0.717, 1.165) is 42.9 Å². The van der Waals surface area contributed by atoms with Crippen LogP contribution in [-0.4, -0.2) is 18.5 Å². The topological polar surface area (TPSA) is 18.5 Å². The zero-order valence-electron chi connectivity index (χ0n) is 16.1. The van der Waals surface area contributed by atoms with Gasteiger partial charge in [0, 0.05) is 5.33 Å². The molecular weight excluding hydrogens is 388 g/mol. The van der Waals surface area contributed by atoms with Crippen molar-refractivity contribution in [1.29, 1.82) is 0 Å². The summed E-state index contributed by atoms with van der Waals surface area (Å²) in [6.07, 6.45) is 11.2. The molecule has 2 nitrogen and oxygen atoms in total. The van der Waals surface area contributed by atoms with Crippen molar-refractivity contribution >= 4 is 26.7 Å². The summed E-state index contributed by atoms with van der Waals surface area (Å²) in [5.74, 6) is 1.93. The molecule has 0 unspecified atom stereocenters. The largest absolute Gasteiger partial charge is 0.494 e. The highest BCUT2D eigenvalue weighted by molar-refractivity contribution is 9.09. The number of hydrogen-bond donors (Lipinski definition) is 0. The predicted octanol–water partition coefficient (Wildman–Crippen LogP) is 7.52. The molecule has 144 valence electrons. The molecule has 2 aromatic carbocycles. The van der Waals surface area contributed by atoms with Crippen molar-refractivity contribution in [1.82, 2.24) is 0 Å². The Morgan fingerprint density at radius 1 is 0.654 bits per heavy atom. The van der Waals surface area contributed by atoms with Gasteiger partial charge in [-0.2, -0.15) is 0 Å².